The van der Waals surface area contributed by atoms with E-state index in [9.17, 15) is 9.18 Å². The van der Waals surface area contributed by atoms with E-state index < -0.39 is 5.82 Å². The van der Waals surface area contributed by atoms with Gasteiger partial charge in [-0.3, -0.25) is 4.79 Å². The zero-order valence-corrected chi connectivity index (χ0v) is 10.7. The van der Waals surface area contributed by atoms with Gasteiger partial charge in [0.05, 0.1) is 6.61 Å². The van der Waals surface area contributed by atoms with E-state index >= 15 is 0 Å². The van der Waals surface area contributed by atoms with Crippen molar-refractivity contribution in [3.8, 4) is 5.75 Å². The highest BCUT2D eigenvalue weighted by molar-refractivity contribution is 5.77. The molecule has 0 aromatic heterocycles. The van der Waals surface area contributed by atoms with E-state index in [2.05, 4.69) is 5.32 Å². The second kappa shape index (κ2) is 6.52. The van der Waals surface area contributed by atoms with Gasteiger partial charge >= 0.3 is 0 Å². The van der Waals surface area contributed by atoms with Crippen LogP contribution in [0.2, 0.25) is 0 Å². The minimum atomic E-state index is -0.569. The van der Waals surface area contributed by atoms with Crippen LogP contribution in [0.1, 0.15) is 31.2 Å². The zero-order valence-electron chi connectivity index (χ0n) is 10.7. The van der Waals surface area contributed by atoms with Gasteiger partial charge in [0.15, 0.2) is 18.2 Å². The summed E-state index contributed by atoms with van der Waals surface area (Å²) in [6, 6.07) is 4.51. The summed E-state index contributed by atoms with van der Waals surface area (Å²) < 4.78 is 18.7. The minimum absolute atomic E-state index is 0.0495. The van der Waals surface area contributed by atoms with E-state index in [1.807, 2.05) is 0 Å². The fourth-order valence-corrected chi connectivity index (χ4v) is 2.32. The Morgan fingerprint density at radius 1 is 1.42 bits per heavy atom. The van der Waals surface area contributed by atoms with Gasteiger partial charge in [-0.25, -0.2) is 4.39 Å². The van der Waals surface area contributed by atoms with Crippen LogP contribution in [0, 0.1) is 5.82 Å². The number of carbonyl (C=O) groups is 1. The summed E-state index contributed by atoms with van der Waals surface area (Å²) in [4.78, 5) is 11.7. The number of benzene rings is 1. The van der Waals surface area contributed by atoms with Gasteiger partial charge in [0.1, 0.15) is 0 Å². The average molecular weight is 267 g/mol. The molecule has 4 nitrogen and oxygen atoms in total. The van der Waals surface area contributed by atoms with Gasteiger partial charge in [-0.1, -0.05) is 25.0 Å². The van der Waals surface area contributed by atoms with Crippen molar-refractivity contribution in [3.63, 3.8) is 0 Å². The van der Waals surface area contributed by atoms with E-state index in [-0.39, 0.29) is 30.9 Å². The van der Waals surface area contributed by atoms with Crippen molar-refractivity contribution in [1.82, 2.24) is 5.32 Å². The minimum Gasteiger partial charge on any atom is -0.480 e. The summed E-state index contributed by atoms with van der Waals surface area (Å²) in [7, 11) is 0. The van der Waals surface area contributed by atoms with E-state index in [0.717, 1.165) is 25.7 Å². The summed E-state index contributed by atoms with van der Waals surface area (Å²) in [5, 5.41) is 11.9. The number of aliphatic hydroxyl groups is 1. The molecular formula is C14H18FNO3. The first-order valence-electron chi connectivity index (χ1n) is 6.51. The molecule has 1 amide bonds. The Bertz CT molecular complexity index is 444. The van der Waals surface area contributed by atoms with Crippen LogP contribution < -0.4 is 10.1 Å². The first-order chi connectivity index (χ1) is 9.20. The Kier molecular flexibility index (Phi) is 4.74. The summed E-state index contributed by atoms with van der Waals surface area (Å²) in [6.07, 6.45) is 4.25. The van der Waals surface area contributed by atoms with Crippen molar-refractivity contribution in [2.75, 3.05) is 6.61 Å². The second-order valence-corrected chi connectivity index (χ2v) is 4.72. The SMILES string of the molecule is O=C(COc1c(F)cccc1CO)NC1CCCC1. The normalized spacial score (nSPS) is 15.5. The van der Waals surface area contributed by atoms with Gasteiger partial charge in [0.2, 0.25) is 0 Å². The van der Waals surface area contributed by atoms with Crippen LogP contribution in [0.4, 0.5) is 4.39 Å². The number of halogens is 1. The van der Waals surface area contributed by atoms with Crippen LogP contribution in [-0.4, -0.2) is 23.7 Å². The fraction of sp³-hybridized carbons (Fsp3) is 0.500. The van der Waals surface area contributed by atoms with Gasteiger partial charge in [-0.2, -0.15) is 0 Å². The van der Waals surface area contributed by atoms with Crippen LogP contribution in [-0.2, 0) is 11.4 Å². The smallest absolute Gasteiger partial charge is 0.258 e. The molecule has 0 unspecified atom stereocenters. The molecule has 0 bridgehead atoms. The van der Waals surface area contributed by atoms with E-state index in [1.165, 1.54) is 12.1 Å². The molecule has 19 heavy (non-hydrogen) atoms. The van der Waals surface area contributed by atoms with Gasteiger partial charge in [-0.15, -0.1) is 0 Å². The molecule has 0 spiro atoms. The van der Waals surface area contributed by atoms with Crippen LogP contribution >= 0.6 is 0 Å². The number of hydrogen-bond donors (Lipinski definition) is 2. The number of carbonyl (C=O) groups excluding carboxylic acids is 1. The van der Waals surface area contributed by atoms with E-state index in [4.69, 9.17) is 9.84 Å². The van der Waals surface area contributed by atoms with Gasteiger partial charge in [0.25, 0.3) is 5.91 Å². The number of para-hydroxylation sites is 1. The Morgan fingerprint density at radius 3 is 2.84 bits per heavy atom. The maximum Gasteiger partial charge on any atom is 0.258 e. The summed E-state index contributed by atoms with van der Waals surface area (Å²) in [5.74, 6) is -0.870. The first kappa shape index (κ1) is 13.8. The topological polar surface area (TPSA) is 58.6 Å². The molecule has 1 aromatic rings. The predicted molar refractivity (Wildman–Crippen MR) is 68.2 cm³/mol. The van der Waals surface area contributed by atoms with Crippen molar-refractivity contribution in [1.29, 1.82) is 0 Å². The third kappa shape index (κ3) is 3.67. The molecule has 1 saturated carbocycles. The zero-order chi connectivity index (χ0) is 13.7. The van der Waals surface area contributed by atoms with Crippen LogP contribution in [0.25, 0.3) is 0 Å². The monoisotopic (exact) mass is 267 g/mol. The third-order valence-electron chi connectivity index (χ3n) is 3.29. The standard InChI is InChI=1S/C14H18FNO3/c15-12-7-3-4-10(8-17)14(12)19-9-13(18)16-11-5-1-2-6-11/h3-4,7,11,17H,1-2,5-6,8-9H2,(H,16,18). The lowest BCUT2D eigenvalue weighted by atomic mass is 10.2. The van der Waals surface area contributed by atoms with Crippen molar-refractivity contribution in [2.24, 2.45) is 0 Å². The number of rotatable bonds is 5. The number of nitrogens with one attached hydrogen (secondary N) is 1. The van der Waals surface area contributed by atoms with Crippen molar-refractivity contribution >= 4 is 5.91 Å². The Labute approximate surface area is 111 Å². The highest BCUT2D eigenvalue weighted by Crippen LogP contribution is 2.22. The maximum absolute atomic E-state index is 13.5. The van der Waals surface area contributed by atoms with Crippen molar-refractivity contribution < 1.29 is 19.0 Å². The Hall–Kier alpha value is -1.62. The molecule has 1 aromatic carbocycles. The number of hydrogen-bond acceptors (Lipinski definition) is 3. The molecule has 0 aliphatic heterocycles. The number of aliphatic hydroxyl groups excluding tert-OH is 1. The van der Waals surface area contributed by atoms with Crippen LogP contribution in [0.15, 0.2) is 18.2 Å². The molecule has 2 rings (SSSR count). The van der Waals surface area contributed by atoms with Gasteiger partial charge < -0.3 is 15.2 Å². The summed E-state index contributed by atoms with van der Waals surface area (Å²) in [5.41, 5.74) is 0.341. The Morgan fingerprint density at radius 2 is 2.16 bits per heavy atom. The third-order valence-corrected chi connectivity index (χ3v) is 3.29. The van der Waals surface area contributed by atoms with Crippen molar-refractivity contribution in [3.05, 3.63) is 29.6 Å². The molecule has 5 heteroatoms. The van der Waals surface area contributed by atoms with E-state index in [1.54, 1.807) is 6.07 Å². The van der Waals surface area contributed by atoms with E-state index in [0.29, 0.717) is 5.56 Å². The molecule has 2 N–H and O–H groups in total. The molecule has 0 radical (unpaired) electrons. The van der Waals surface area contributed by atoms with Crippen LogP contribution in [0.5, 0.6) is 5.75 Å². The highest BCUT2D eigenvalue weighted by Gasteiger charge is 2.18. The molecule has 1 aliphatic carbocycles. The van der Waals surface area contributed by atoms with Gasteiger partial charge in [0, 0.05) is 11.6 Å². The molecule has 1 fully saturated rings. The van der Waals surface area contributed by atoms with Crippen molar-refractivity contribution in [2.45, 2.75) is 38.3 Å². The molecule has 104 valence electrons. The second-order valence-electron chi connectivity index (χ2n) is 4.72. The fourth-order valence-electron chi connectivity index (χ4n) is 2.32. The predicted octanol–water partition coefficient (Wildman–Crippen LogP) is 1.76. The van der Waals surface area contributed by atoms with Crippen LogP contribution in [0.3, 0.4) is 0 Å². The largest absolute Gasteiger partial charge is 0.480 e. The number of ether oxygens (including phenoxy) is 1. The Balaban J connectivity index is 1.89. The maximum atomic E-state index is 13.5. The molecule has 0 atom stereocenters. The van der Waals surface area contributed by atoms with Gasteiger partial charge in [-0.05, 0) is 18.9 Å². The quantitative estimate of drug-likeness (QED) is 0.854. The molecular weight excluding hydrogens is 249 g/mol. The molecule has 0 heterocycles. The molecule has 0 saturated heterocycles. The average Bonchev–Trinajstić information content (AvgIpc) is 2.89. The lowest BCUT2D eigenvalue weighted by molar-refractivity contribution is -0.123. The summed E-state index contributed by atoms with van der Waals surface area (Å²) >= 11 is 0. The number of amides is 1. The lowest BCUT2D eigenvalue weighted by Crippen LogP contribution is -2.36. The summed E-state index contributed by atoms with van der Waals surface area (Å²) in [6.45, 7) is -0.554. The highest BCUT2D eigenvalue weighted by atomic mass is 19.1. The lowest BCUT2D eigenvalue weighted by Gasteiger charge is -2.14. The first-order valence-corrected chi connectivity index (χ1v) is 6.51. The molecule has 1 aliphatic rings.